The molecule has 0 saturated carbocycles. The number of hydrogen-bond acceptors (Lipinski definition) is 5. The van der Waals surface area contributed by atoms with Gasteiger partial charge in [0.2, 0.25) is 10.0 Å². The number of aryl methyl sites for hydroxylation is 1. The second kappa shape index (κ2) is 7.62. The van der Waals surface area contributed by atoms with Crippen molar-refractivity contribution in [3.8, 4) is 0 Å². The Morgan fingerprint density at radius 2 is 2.05 bits per heavy atom. The van der Waals surface area contributed by atoms with Gasteiger partial charge in [-0.1, -0.05) is 0 Å². The Hall–Kier alpha value is -0.570. The molecule has 0 bridgehead atoms. The molecule has 0 spiro atoms. The fraction of sp³-hybridized carbons (Fsp3) is 0.769. The molecule has 122 valence electrons. The van der Waals surface area contributed by atoms with Crippen molar-refractivity contribution in [3.05, 3.63) is 11.4 Å². The molecule has 0 fully saturated rings. The molecule has 1 unspecified atom stereocenters. The minimum absolute atomic E-state index is 0.0425. The number of thioether (sulfide) groups is 1. The van der Waals surface area contributed by atoms with Crippen LogP contribution in [0.1, 0.15) is 24.7 Å². The molecule has 21 heavy (non-hydrogen) atoms. The van der Waals surface area contributed by atoms with E-state index in [9.17, 15) is 8.42 Å². The first-order chi connectivity index (χ1) is 9.77. The standard InChI is InChI=1S/C13H26N4O2S2/c1-10(6-9-20-5)16(4)21(18,19)13-11(2)15-17(8-7-14)12(13)3/h10H,6-9,14H2,1-5H3. The lowest BCUT2D eigenvalue weighted by Crippen LogP contribution is -2.36. The lowest BCUT2D eigenvalue weighted by Gasteiger charge is -2.24. The lowest BCUT2D eigenvalue weighted by molar-refractivity contribution is 0.382. The van der Waals surface area contributed by atoms with E-state index in [4.69, 9.17) is 5.73 Å². The Balaban J connectivity index is 3.13. The molecule has 0 aliphatic heterocycles. The van der Waals surface area contributed by atoms with Crippen molar-refractivity contribution in [2.75, 3.05) is 25.6 Å². The number of aromatic nitrogens is 2. The molecular weight excluding hydrogens is 308 g/mol. The van der Waals surface area contributed by atoms with Gasteiger partial charge in [-0.2, -0.15) is 21.2 Å². The van der Waals surface area contributed by atoms with Gasteiger partial charge in [-0.05, 0) is 39.2 Å². The number of rotatable bonds is 8. The molecule has 1 heterocycles. The van der Waals surface area contributed by atoms with Gasteiger partial charge in [-0.15, -0.1) is 0 Å². The summed E-state index contributed by atoms with van der Waals surface area (Å²) >= 11 is 1.72. The summed E-state index contributed by atoms with van der Waals surface area (Å²) < 4.78 is 28.8. The number of nitrogens with two attached hydrogens (primary N) is 1. The van der Waals surface area contributed by atoms with Crippen LogP contribution in [0.2, 0.25) is 0 Å². The van der Waals surface area contributed by atoms with E-state index >= 15 is 0 Å². The maximum atomic E-state index is 12.8. The van der Waals surface area contributed by atoms with Crippen molar-refractivity contribution >= 4 is 21.8 Å². The molecule has 1 aromatic rings. The average molecular weight is 335 g/mol. The Morgan fingerprint density at radius 3 is 2.57 bits per heavy atom. The van der Waals surface area contributed by atoms with Crippen molar-refractivity contribution in [2.24, 2.45) is 5.73 Å². The summed E-state index contributed by atoms with van der Waals surface area (Å²) in [6.07, 6.45) is 2.85. The topological polar surface area (TPSA) is 81.2 Å². The Labute approximate surface area is 132 Å². The van der Waals surface area contributed by atoms with Gasteiger partial charge in [0.05, 0.1) is 17.9 Å². The zero-order chi connectivity index (χ0) is 16.2. The van der Waals surface area contributed by atoms with Gasteiger partial charge in [-0.3, -0.25) is 4.68 Å². The molecule has 1 atom stereocenters. The predicted molar refractivity (Wildman–Crippen MR) is 88.2 cm³/mol. The fourth-order valence-corrected chi connectivity index (χ4v) is 4.58. The molecule has 2 N–H and O–H groups in total. The third-order valence-electron chi connectivity index (χ3n) is 3.65. The second-order valence-electron chi connectivity index (χ2n) is 5.16. The van der Waals surface area contributed by atoms with Crippen LogP contribution in [0.5, 0.6) is 0 Å². The van der Waals surface area contributed by atoms with Gasteiger partial charge in [-0.25, -0.2) is 8.42 Å². The average Bonchev–Trinajstić information content (AvgIpc) is 2.70. The first-order valence-electron chi connectivity index (χ1n) is 6.98. The molecule has 0 aromatic carbocycles. The SMILES string of the molecule is CSCCC(C)N(C)S(=O)(=O)c1c(C)nn(CCN)c1C. The van der Waals surface area contributed by atoms with Gasteiger partial charge in [0, 0.05) is 19.6 Å². The fourth-order valence-electron chi connectivity index (χ4n) is 2.24. The van der Waals surface area contributed by atoms with Crippen LogP contribution in [0.25, 0.3) is 0 Å². The maximum absolute atomic E-state index is 12.8. The van der Waals surface area contributed by atoms with Crippen LogP contribution in [0.3, 0.4) is 0 Å². The van der Waals surface area contributed by atoms with Crippen LogP contribution in [-0.2, 0) is 16.6 Å². The van der Waals surface area contributed by atoms with Crippen LogP contribution in [0, 0.1) is 13.8 Å². The zero-order valence-corrected chi connectivity index (χ0v) is 15.1. The van der Waals surface area contributed by atoms with Gasteiger partial charge in [0.25, 0.3) is 0 Å². The summed E-state index contributed by atoms with van der Waals surface area (Å²) in [4.78, 5) is 0.314. The highest BCUT2D eigenvalue weighted by Gasteiger charge is 2.31. The number of sulfonamides is 1. The van der Waals surface area contributed by atoms with Crippen molar-refractivity contribution < 1.29 is 8.42 Å². The molecule has 8 heteroatoms. The van der Waals surface area contributed by atoms with E-state index in [0.717, 1.165) is 12.2 Å². The van der Waals surface area contributed by atoms with E-state index in [1.165, 1.54) is 4.31 Å². The van der Waals surface area contributed by atoms with E-state index < -0.39 is 10.0 Å². The highest BCUT2D eigenvalue weighted by Crippen LogP contribution is 2.24. The quantitative estimate of drug-likeness (QED) is 0.773. The predicted octanol–water partition coefficient (Wildman–Crippen LogP) is 1.22. The van der Waals surface area contributed by atoms with Crippen LogP contribution >= 0.6 is 11.8 Å². The molecule has 0 aliphatic rings. The van der Waals surface area contributed by atoms with Crippen molar-refractivity contribution in [1.82, 2.24) is 14.1 Å². The summed E-state index contributed by atoms with van der Waals surface area (Å²) in [5.41, 5.74) is 6.72. The van der Waals surface area contributed by atoms with Crippen LogP contribution in [0.15, 0.2) is 4.90 Å². The summed E-state index contributed by atoms with van der Waals surface area (Å²) in [6.45, 7) is 6.40. The summed E-state index contributed by atoms with van der Waals surface area (Å²) in [5, 5.41) is 4.30. The summed E-state index contributed by atoms with van der Waals surface area (Å²) in [5.74, 6) is 0.936. The summed E-state index contributed by atoms with van der Waals surface area (Å²) in [6, 6.07) is -0.0425. The van der Waals surface area contributed by atoms with E-state index in [1.54, 1.807) is 37.3 Å². The maximum Gasteiger partial charge on any atom is 0.246 e. The highest BCUT2D eigenvalue weighted by molar-refractivity contribution is 7.98. The van der Waals surface area contributed by atoms with E-state index in [0.29, 0.717) is 29.4 Å². The molecule has 0 radical (unpaired) electrons. The van der Waals surface area contributed by atoms with Gasteiger partial charge in [0.1, 0.15) is 4.90 Å². The molecule has 0 aliphatic carbocycles. The van der Waals surface area contributed by atoms with E-state index in [2.05, 4.69) is 5.10 Å². The third kappa shape index (κ3) is 4.00. The van der Waals surface area contributed by atoms with Gasteiger partial charge < -0.3 is 5.73 Å². The van der Waals surface area contributed by atoms with Crippen molar-refractivity contribution in [3.63, 3.8) is 0 Å². The Kier molecular flexibility index (Phi) is 6.71. The van der Waals surface area contributed by atoms with Crippen molar-refractivity contribution in [2.45, 2.75) is 44.7 Å². The smallest absolute Gasteiger partial charge is 0.246 e. The first-order valence-corrected chi connectivity index (χ1v) is 9.81. The van der Waals surface area contributed by atoms with Crippen LogP contribution < -0.4 is 5.73 Å². The minimum Gasteiger partial charge on any atom is -0.329 e. The highest BCUT2D eigenvalue weighted by atomic mass is 32.2. The Morgan fingerprint density at radius 1 is 1.43 bits per heavy atom. The molecule has 1 aromatic heterocycles. The zero-order valence-electron chi connectivity index (χ0n) is 13.5. The van der Waals surface area contributed by atoms with E-state index in [1.807, 2.05) is 13.2 Å². The van der Waals surface area contributed by atoms with E-state index in [-0.39, 0.29) is 6.04 Å². The van der Waals surface area contributed by atoms with Gasteiger partial charge in [0.15, 0.2) is 0 Å². The van der Waals surface area contributed by atoms with Crippen LogP contribution in [0.4, 0.5) is 0 Å². The third-order valence-corrected chi connectivity index (χ3v) is 6.52. The normalized spacial score (nSPS) is 13.9. The minimum atomic E-state index is -3.53. The molecule has 0 saturated heterocycles. The molecule has 0 amide bonds. The summed E-state index contributed by atoms with van der Waals surface area (Å²) in [7, 11) is -1.89. The molecule has 6 nitrogen and oxygen atoms in total. The van der Waals surface area contributed by atoms with Crippen LogP contribution in [-0.4, -0.2) is 54.1 Å². The first kappa shape index (κ1) is 18.5. The number of nitrogens with zero attached hydrogens (tertiary/aromatic N) is 3. The van der Waals surface area contributed by atoms with Gasteiger partial charge >= 0.3 is 0 Å². The van der Waals surface area contributed by atoms with Crippen molar-refractivity contribution in [1.29, 1.82) is 0 Å². The largest absolute Gasteiger partial charge is 0.329 e. The monoisotopic (exact) mass is 334 g/mol. The lowest BCUT2D eigenvalue weighted by atomic mass is 10.3. The number of hydrogen-bond donors (Lipinski definition) is 1. The second-order valence-corrected chi connectivity index (χ2v) is 8.08. The molecule has 1 rings (SSSR count). The Bertz CT molecular complexity index is 569. The molecular formula is C13H26N4O2S2.